The Balaban J connectivity index is 1.84. The third-order valence-corrected chi connectivity index (χ3v) is 4.35. The SMILES string of the molecule is Cc1ccc(O)c(C[C@H]2C(=O)C3CCN2CC3)c1. The van der Waals surface area contributed by atoms with Crippen LogP contribution in [-0.2, 0) is 11.2 Å². The molecule has 18 heavy (non-hydrogen) atoms. The van der Waals surface area contributed by atoms with E-state index in [1.165, 1.54) is 0 Å². The molecule has 3 nitrogen and oxygen atoms in total. The van der Waals surface area contributed by atoms with Gasteiger partial charge in [0.25, 0.3) is 0 Å². The standard InChI is InChI=1S/C15H19NO2/c1-10-2-3-14(17)12(8-10)9-13-15(18)11-4-6-16(13)7-5-11/h2-3,8,11,13,17H,4-7,9H2,1H3/t13-/m0/s1. The Bertz CT molecular complexity index is 475. The number of benzene rings is 1. The molecular formula is C15H19NO2. The smallest absolute Gasteiger partial charge is 0.153 e. The van der Waals surface area contributed by atoms with E-state index in [2.05, 4.69) is 4.90 Å². The first-order valence-corrected chi connectivity index (χ1v) is 6.71. The molecule has 0 aliphatic carbocycles. The Hall–Kier alpha value is -1.35. The number of ketones is 1. The maximum Gasteiger partial charge on any atom is 0.153 e. The van der Waals surface area contributed by atoms with Crippen molar-refractivity contribution >= 4 is 5.78 Å². The summed E-state index contributed by atoms with van der Waals surface area (Å²) in [5.41, 5.74) is 2.03. The summed E-state index contributed by atoms with van der Waals surface area (Å²) in [6.07, 6.45) is 2.70. The van der Waals surface area contributed by atoms with Crippen molar-refractivity contribution in [3.05, 3.63) is 29.3 Å². The Labute approximate surface area is 107 Å². The van der Waals surface area contributed by atoms with Gasteiger partial charge in [-0.25, -0.2) is 0 Å². The molecule has 3 fully saturated rings. The first-order valence-electron chi connectivity index (χ1n) is 6.71. The Morgan fingerprint density at radius 3 is 2.72 bits per heavy atom. The molecule has 0 amide bonds. The molecule has 4 rings (SSSR count). The topological polar surface area (TPSA) is 40.5 Å². The van der Waals surface area contributed by atoms with Crippen LogP contribution in [0.5, 0.6) is 5.75 Å². The minimum absolute atomic E-state index is 0.00907. The van der Waals surface area contributed by atoms with Crippen LogP contribution in [0.2, 0.25) is 0 Å². The number of fused-ring (bicyclic) bond motifs is 3. The van der Waals surface area contributed by atoms with Crippen molar-refractivity contribution < 1.29 is 9.90 Å². The van der Waals surface area contributed by atoms with Crippen LogP contribution >= 0.6 is 0 Å². The number of aromatic hydroxyl groups is 1. The van der Waals surface area contributed by atoms with E-state index in [4.69, 9.17) is 0 Å². The van der Waals surface area contributed by atoms with Crippen molar-refractivity contribution in [1.29, 1.82) is 0 Å². The lowest BCUT2D eigenvalue weighted by Gasteiger charge is -2.44. The van der Waals surface area contributed by atoms with Gasteiger partial charge in [-0.3, -0.25) is 9.69 Å². The summed E-state index contributed by atoms with van der Waals surface area (Å²) >= 11 is 0. The second-order valence-electron chi connectivity index (χ2n) is 5.56. The monoisotopic (exact) mass is 245 g/mol. The number of hydrogen-bond acceptors (Lipinski definition) is 3. The predicted octanol–water partition coefficient (Wildman–Crippen LogP) is 1.91. The molecule has 3 aliphatic rings. The van der Waals surface area contributed by atoms with E-state index < -0.39 is 0 Å². The van der Waals surface area contributed by atoms with Gasteiger partial charge < -0.3 is 5.11 Å². The van der Waals surface area contributed by atoms with Gasteiger partial charge in [-0.15, -0.1) is 0 Å². The zero-order chi connectivity index (χ0) is 12.7. The van der Waals surface area contributed by atoms with Crippen molar-refractivity contribution in [2.75, 3.05) is 13.1 Å². The van der Waals surface area contributed by atoms with Crippen LogP contribution in [0.3, 0.4) is 0 Å². The molecule has 2 bridgehead atoms. The summed E-state index contributed by atoms with van der Waals surface area (Å²) in [7, 11) is 0. The molecule has 1 aromatic carbocycles. The number of nitrogens with zero attached hydrogens (tertiary/aromatic N) is 1. The fourth-order valence-electron chi connectivity index (χ4n) is 3.26. The third kappa shape index (κ3) is 1.93. The van der Waals surface area contributed by atoms with Gasteiger partial charge in [0.2, 0.25) is 0 Å². The maximum atomic E-state index is 12.3. The van der Waals surface area contributed by atoms with Crippen LogP contribution in [0.25, 0.3) is 0 Å². The van der Waals surface area contributed by atoms with Crippen molar-refractivity contribution in [1.82, 2.24) is 4.90 Å². The van der Waals surface area contributed by atoms with E-state index in [-0.39, 0.29) is 12.0 Å². The van der Waals surface area contributed by atoms with Gasteiger partial charge in [-0.2, -0.15) is 0 Å². The summed E-state index contributed by atoms with van der Waals surface area (Å²) in [5, 5.41) is 9.89. The van der Waals surface area contributed by atoms with Crippen LogP contribution in [-0.4, -0.2) is 34.9 Å². The highest BCUT2D eigenvalue weighted by Gasteiger charge is 2.40. The van der Waals surface area contributed by atoms with Gasteiger partial charge in [-0.1, -0.05) is 17.7 Å². The first-order chi connectivity index (χ1) is 8.65. The first kappa shape index (κ1) is 11.7. The minimum atomic E-state index is -0.00907. The molecule has 3 heteroatoms. The lowest BCUT2D eigenvalue weighted by Crippen LogP contribution is -2.56. The molecule has 1 N–H and O–H groups in total. The number of Topliss-reactive ketones (excluding diaryl/α,β-unsaturated/α-hetero) is 1. The van der Waals surface area contributed by atoms with E-state index in [9.17, 15) is 9.90 Å². The van der Waals surface area contributed by atoms with Crippen molar-refractivity contribution in [2.45, 2.75) is 32.2 Å². The van der Waals surface area contributed by atoms with Crippen LogP contribution in [0.4, 0.5) is 0 Å². The van der Waals surface area contributed by atoms with Crippen molar-refractivity contribution in [2.24, 2.45) is 5.92 Å². The highest BCUT2D eigenvalue weighted by Crippen LogP contribution is 2.32. The van der Waals surface area contributed by atoms with Gasteiger partial charge in [0.1, 0.15) is 5.75 Å². The van der Waals surface area contributed by atoms with Crippen LogP contribution < -0.4 is 0 Å². The molecule has 0 radical (unpaired) electrons. The van der Waals surface area contributed by atoms with Crippen LogP contribution in [0.15, 0.2) is 18.2 Å². The largest absolute Gasteiger partial charge is 0.508 e. The van der Waals surface area contributed by atoms with E-state index in [0.717, 1.165) is 37.1 Å². The molecule has 96 valence electrons. The fourth-order valence-corrected chi connectivity index (χ4v) is 3.26. The molecule has 3 saturated heterocycles. The van der Waals surface area contributed by atoms with E-state index >= 15 is 0 Å². The van der Waals surface area contributed by atoms with Crippen LogP contribution in [0, 0.1) is 12.8 Å². The summed E-state index contributed by atoms with van der Waals surface area (Å²) in [6.45, 7) is 4.08. The second-order valence-corrected chi connectivity index (χ2v) is 5.56. The molecule has 0 saturated carbocycles. The number of hydrogen-bond donors (Lipinski definition) is 1. The Kier molecular flexibility index (Phi) is 2.86. The molecule has 3 heterocycles. The number of rotatable bonds is 2. The van der Waals surface area contributed by atoms with Gasteiger partial charge in [-0.05, 0) is 50.9 Å². The van der Waals surface area contributed by atoms with Crippen LogP contribution in [0.1, 0.15) is 24.0 Å². The van der Waals surface area contributed by atoms with Crippen molar-refractivity contribution in [3.63, 3.8) is 0 Å². The van der Waals surface area contributed by atoms with E-state index in [1.807, 2.05) is 19.1 Å². The molecule has 1 atom stereocenters. The predicted molar refractivity (Wildman–Crippen MR) is 69.6 cm³/mol. The highest BCUT2D eigenvalue weighted by atomic mass is 16.3. The zero-order valence-electron chi connectivity index (χ0n) is 10.7. The fraction of sp³-hybridized carbons (Fsp3) is 0.533. The number of carbonyl (C=O) groups is 1. The van der Waals surface area contributed by atoms with E-state index in [0.29, 0.717) is 18.0 Å². The normalized spacial score (nSPS) is 30.7. The number of carbonyl (C=O) groups excluding carboxylic acids is 1. The number of piperidine rings is 3. The highest BCUT2D eigenvalue weighted by molar-refractivity contribution is 5.88. The second kappa shape index (κ2) is 4.39. The summed E-state index contributed by atoms with van der Waals surface area (Å²) in [4.78, 5) is 14.5. The minimum Gasteiger partial charge on any atom is -0.508 e. The summed E-state index contributed by atoms with van der Waals surface area (Å²) < 4.78 is 0. The van der Waals surface area contributed by atoms with Gasteiger partial charge in [0.05, 0.1) is 6.04 Å². The Morgan fingerprint density at radius 1 is 1.33 bits per heavy atom. The molecule has 3 aliphatic heterocycles. The average molecular weight is 245 g/mol. The van der Waals surface area contributed by atoms with E-state index in [1.54, 1.807) is 6.07 Å². The number of aryl methyl sites for hydroxylation is 1. The quantitative estimate of drug-likeness (QED) is 0.865. The van der Waals surface area contributed by atoms with Gasteiger partial charge in [0, 0.05) is 5.92 Å². The number of phenols is 1. The average Bonchev–Trinajstić information content (AvgIpc) is 2.38. The third-order valence-electron chi connectivity index (χ3n) is 4.35. The van der Waals surface area contributed by atoms with Gasteiger partial charge >= 0.3 is 0 Å². The summed E-state index contributed by atoms with van der Waals surface area (Å²) in [6, 6.07) is 5.61. The summed E-state index contributed by atoms with van der Waals surface area (Å²) in [5.74, 6) is 0.969. The molecule has 0 unspecified atom stereocenters. The molecule has 0 spiro atoms. The van der Waals surface area contributed by atoms with Crippen molar-refractivity contribution in [3.8, 4) is 5.75 Å². The van der Waals surface area contributed by atoms with Gasteiger partial charge in [0.15, 0.2) is 5.78 Å². The lowest BCUT2D eigenvalue weighted by atomic mass is 9.80. The molecular weight excluding hydrogens is 226 g/mol. The molecule has 0 aromatic heterocycles. The zero-order valence-corrected chi connectivity index (χ0v) is 10.7. The maximum absolute atomic E-state index is 12.3. The number of phenolic OH excluding ortho intramolecular Hbond substituents is 1. The Morgan fingerprint density at radius 2 is 2.06 bits per heavy atom. The lowest BCUT2D eigenvalue weighted by molar-refractivity contribution is -0.136. The molecule has 1 aromatic rings.